The van der Waals surface area contributed by atoms with E-state index in [0.717, 1.165) is 17.5 Å². The van der Waals surface area contributed by atoms with E-state index in [-0.39, 0.29) is 18.6 Å². The van der Waals surface area contributed by atoms with Crippen molar-refractivity contribution in [1.82, 2.24) is 5.32 Å². The zero-order valence-electron chi connectivity index (χ0n) is 11.9. The van der Waals surface area contributed by atoms with Gasteiger partial charge in [0.25, 0.3) is 0 Å². The summed E-state index contributed by atoms with van der Waals surface area (Å²) in [7, 11) is 0. The monoisotopic (exact) mass is 261 g/mol. The number of carbonyl (C=O) groups excluding carboxylic acids is 1. The van der Waals surface area contributed by atoms with Gasteiger partial charge in [0.15, 0.2) is 0 Å². The number of benzene rings is 1. The number of aliphatic hydroxyl groups excluding tert-OH is 1. The third-order valence-electron chi connectivity index (χ3n) is 3.02. The number of amides is 1. The molecule has 1 aromatic rings. The Balaban J connectivity index is 2.53. The molecule has 2 N–H and O–H groups in total. The second-order valence-corrected chi connectivity index (χ2v) is 4.97. The highest BCUT2D eigenvalue weighted by Crippen LogP contribution is 2.12. The van der Waals surface area contributed by atoms with Crippen LogP contribution in [-0.2, 0) is 4.79 Å². The van der Waals surface area contributed by atoms with Crippen molar-refractivity contribution in [3.8, 4) is 0 Å². The third-order valence-corrected chi connectivity index (χ3v) is 3.02. The van der Waals surface area contributed by atoms with Crippen LogP contribution in [0.4, 0.5) is 0 Å². The first-order valence-electron chi connectivity index (χ1n) is 6.69. The van der Waals surface area contributed by atoms with Crippen LogP contribution in [0.25, 0.3) is 6.08 Å². The fourth-order valence-corrected chi connectivity index (χ4v) is 1.94. The molecule has 0 aromatic heterocycles. The Morgan fingerprint density at radius 3 is 2.79 bits per heavy atom. The Labute approximate surface area is 115 Å². The molecule has 1 unspecified atom stereocenters. The SMILES string of the molecule is Cc1ccc(C=CC(=O)NC(C)CCCO)c(C)c1. The van der Waals surface area contributed by atoms with E-state index in [0.29, 0.717) is 6.42 Å². The molecule has 0 saturated heterocycles. The first-order valence-corrected chi connectivity index (χ1v) is 6.69. The van der Waals surface area contributed by atoms with Crippen molar-refractivity contribution in [3.05, 3.63) is 41.0 Å². The Kier molecular flexibility index (Phi) is 6.30. The van der Waals surface area contributed by atoms with E-state index in [1.807, 2.05) is 32.1 Å². The lowest BCUT2D eigenvalue weighted by Gasteiger charge is -2.11. The molecule has 0 radical (unpaired) electrons. The fourth-order valence-electron chi connectivity index (χ4n) is 1.94. The normalized spacial score (nSPS) is 12.6. The lowest BCUT2D eigenvalue weighted by atomic mass is 10.1. The van der Waals surface area contributed by atoms with E-state index in [4.69, 9.17) is 5.11 Å². The smallest absolute Gasteiger partial charge is 0.244 e. The maximum absolute atomic E-state index is 11.7. The van der Waals surface area contributed by atoms with Crippen LogP contribution >= 0.6 is 0 Å². The van der Waals surface area contributed by atoms with Crippen LogP contribution in [0.15, 0.2) is 24.3 Å². The summed E-state index contributed by atoms with van der Waals surface area (Å²) in [5.41, 5.74) is 3.44. The number of rotatable bonds is 6. The molecule has 0 heterocycles. The van der Waals surface area contributed by atoms with Gasteiger partial charge in [0, 0.05) is 18.7 Å². The van der Waals surface area contributed by atoms with Gasteiger partial charge in [0.05, 0.1) is 0 Å². The van der Waals surface area contributed by atoms with Crippen LogP contribution in [0.1, 0.15) is 36.5 Å². The molecule has 0 bridgehead atoms. The molecule has 1 rings (SSSR count). The minimum absolute atomic E-state index is 0.0865. The van der Waals surface area contributed by atoms with Crippen molar-refractivity contribution in [3.63, 3.8) is 0 Å². The Morgan fingerprint density at radius 1 is 1.42 bits per heavy atom. The molecule has 1 atom stereocenters. The summed E-state index contributed by atoms with van der Waals surface area (Å²) in [6.07, 6.45) is 4.90. The molecule has 3 nitrogen and oxygen atoms in total. The maximum atomic E-state index is 11.7. The Morgan fingerprint density at radius 2 is 2.16 bits per heavy atom. The van der Waals surface area contributed by atoms with Gasteiger partial charge in [0.1, 0.15) is 0 Å². The first-order chi connectivity index (χ1) is 9.02. The number of aryl methyl sites for hydroxylation is 2. The number of carbonyl (C=O) groups is 1. The number of aliphatic hydroxyl groups is 1. The highest BCUT2D eigenvalue weighted by atomic mass is 16.2. The summed E-state index contributed by atoms with van der Waals surface area (Å²) in [6, 6.07) is 6.24. The van der Waals surface area contributed by atoms with Crippen LogP contribution in [0, 0.1) is 13.8 Å². The topological polar surface area (TPSA) is 49.3 Å². The summed E-state index contributed by atoms with van der Waals surface area (Å²) in [4.78, 5) is 11.7. The average Bonchev–Trinajstić information content (AvgIpc) is 2.35. The quantitative estimate of drug-likeness (QED) is 0.773. The van der Waals surface area contributed by atoms with Gasteiger partial charge in [-0.1, -0.05) is 23.8 Å². The standard InChI is InChI=1S/C16H23NO2/c1-12-6-7-15(13(2)11-12)8-9-16(19)17-14(3)5-4-10-18/h6-9,11,14,18H,4-5,10H2,1-3H3,(H,17,19). The Hall–Kier alpha value is -1.61. The number of hydrogen-bond acceptors (Lipinski definition) is 2. The highest BCUT2D eigenvalue weighted by molar-refractivity contribution is 5.92. The van der Waals surface area contributed by atoms with E-state index >= 15 is 0 Å². The zero-order chi connectivity index (χ0) is 14.3. The summed E-state index contributed by atoms with van der Waals surface area (Å²) in [6.45, 7) is 6.20. The number of nitrogens with one attached hydrogen (secondary N) is 1. The third kappa shape index (κ3) is 5.71. The molecular formula is C16H23NO2. The molecule has 0 fully saturated rings. The molecular weight excluding hydrogens is 238 g/mol. The molecule has 0 aliphatic carbocycles. The van der Waals surface area contributed by atoms with Crippen molar-refractivity contribution < 1.29 is 9.90 Å². The highest BCUT2D eigenvalue weighted by Gasteiger charge is 2.04. The summed E-state index contributed by atoms with van der Waals surface area (Å²) in [5, 5.41) is 11.6. The molecule has 104 valence electrons. The van der Waals surface area contributed by atoms with Crippen LogP contribution in [0.5, 0.6) is 0 Å². The molecule has 19 heavy (non-hydrogen) atoms. The van der Waals surface area contributed by atoms with Gasteiger partial charge in [-0.3, -0.25) is 4.79 Å². The predicted molar refractivity (Wildman–Crippen MR) is 78.9 cm³/mol. The van der Waals surface area contributed by atoms with Crippen LogP contribution in [-0.4, -0.2) is 23.7 Å². The van der Waals surface area contributed by atoms with Crippen molar-refractivity contribution >= 4 is 12.0 Å². The van der Waals surface area contributed by atoms with E-state index in [1.54, 1.807) is 6.08 Å². The van der Waals surface area contributed by atoms with E-state index in [1.165, 1.54) is 5.56 Å². The van der Waals surface area contributed by atoms with Gasteiger partial charge in [-0.2, -0.15) is 0 Å². The Bertz CT molecular complexity index is 452. The van der Waals surface area contributed by atoms with Gasteiger partial charge in [-0.25, -0.2) is 0 Å². The molecule has 1 amide bonds. The van der Waals surface area contributed by atoms with Crippen LogP contribution in [0.3, 0.4) is 0 Å². The van der Waals surface area contributed by atoms with Gasteiger partial charge in [-0.05, 0) is 50.8 Å². The second-order valence-electron chi connectivity index (χ2n) is 4.97. The van der Waals surface area contributed by atoms with Crippen molar-refractivity contribution in [2.75, 3.05) is 6.61 Å². The predicted octanol–water partition coefficient (Wildman–Crippen LogP) is 2.59. The minimum atomic E-state index is -0.0922. The van der Waals surface area contributed by atoms with Crippen LogP contribution < -0.4 is 5.32 Å². The van der Waals surface area contributed by atoms with Crippen molar-refractivity contribution in [2.45, 2.75) is 39.7 Å². The maximum Gasteiger partial charge on any atom is 0.244 e. The van der Waals surface area contributed by atoms with Crippen LogP contribution in [0.2, 0.25) is 0 Å². The van der Waals surface area contributed by atoms with Crippen molar-refractivity contribution in [1.29, 1.82) is 0 Å². The fraction of sp³-hybridized carbons (Fsp3) is 0.438. The summed E-state index contributed by atoms with van der Waals surface area (Å²) >= 11 is 0. The van der Waals surface area contributed by atoms with Crippen molar-refractivity contribution in [2.24, 2.45) is 0 Å². The van der Waals surface area contributed by atoms with E-state index in [2.05, 4.69) is 18.3 Å². The van der Waals surface area contributed by atoms with Gasteiger partial charge in [0.2, 0.25) is 5.91 Å². The largest absolute Gasteiger partial charge is 0.396 e. The van der Waals surface area contributed by atoms with Gasteiger partial charge >= 0.3 is 0 Å². The molecule has 0 aliphatic heterocycles. The molecule has 0 spiro atoms. The average molecular weight is 261 g/mol. The molecule has 1 aromatic carbocycles. The van der Waals surface area contributed by atoms with E-state index < -0.39 is 0 Å². The summed E-state index contributed by atoms with van der Waals surface area (Å²) in [5.74, 6) is -0.0922. The lowest BCUT2D eigenvalue weighted by molar-refractivity contribution is -0.117. The lowest BCUT2D eigenvalue weighted by Crippen LogP contribution is -2.31. The molecule has 3 heteroatoms. The molecule has 0 aliphatic rings. The number of hydrogen-bond donors (Lipinski definition) is 2. The van der Waals surface area contributed by atoms with Gasteiger partial charge < -0.3 is 10.4 Å². The molecule has 0 saturated carbocycles. The zero-order valence-corrected chi connectivity index (χ0v) is 11.9. The van der Waals surface area contributed by atoms with Gasteiger partial charge in [-0.15, -0.1) is 0 Å². The minimum Gasteiger partial charge on any atom is -0.396 e. The summed E-state index contributed by atoms with van der Waals surface area (Å²) < 4.78 is 0. The van der Waals surface area contributed by atoms with E-state index in [9.17, 15) is 4.79 Å². The second kappa shape index (κ2) is 7.74. The first kappa shape index (κ1) is 15.4.